The lowest BCUT2D eigenvalue weighted by molar-refractivity contribution is 0.765. The van der Waals surface area contributed by atoms with Crippen LogP contribution in [0.2, 0.25) is 0 Å². The van der Waals surface area contributed by atoms with Crippen LogP contribution >= 0.6 is 0 Å². The summed E-state index contributed by atoms with van der Waals surface area (Å²) >= 11 is 0. The van der Waals surface area contributed by atoms with Crippen LogP contribution in [0.5, 0.6) is 0 Å². The van der Waals surface area contributed by atoms with Gasteiger partial charge in [-0.1, -0.05) is 66.7 Å². The molecule has 0 saturated carbocycles. The van der Waals surface area contributed by atoms with Gasteiger partial charge in [-0.15, -0.1) is 0 Å². The van der Waals surface area contributed by atoms with E-state index in [0.29, 0.717) is 5.56 Å². The molecule has 19 heavy (non-hydrogen) atoms. The largest absolute Gasteiger partial charge is 0.206 e. The summed E-state index contributed by atoms with van der Waals surface area (Å²) in [5.41, 5.74) is 1.48. The highest BCUT2D eigenvalue weighted by Crippen LogP contribution is 2.22. The number of rotatable bonds is 2. The van der Waals surface area contributed by atoms with Gasteiger partial charge in [0, 0.05) is 5.56 Å². The topological polar surface area (TPSA) is 0 Å². The molecule has 0 amide bonds. The Bertz CT molecular complexity index is 727. The predicted molar refractivity (Wildman–Crippen MR) is 79.4 cm³/mol. The van der Waals surface area contributed by atoms with Crippen molar-refractivity contribution < 1.29 is 4.39 Å². The summed E-state index contributed by atoms with van der Waals surface area (Å²) in [6, 6.07) is 23.1. The van der Waals surface area contributed by atoms with Crippen molar-refractivity contribution in [2.45, 2.75) is 0 Å². The summed E-state index contributed by atoms with van der Waals surface area (Å²) in [4.78, 5) is 0. The Morgan fingerprint density at radius 2 is 1.42 bits per heavy atom. The molecule has 3 aromatic carbocycles. The zero-order valence-electron chi connectivity index (χ0n) is 10.4. The maximum Gasteiger partial charge on any atom is 0.131 e. The third kappa shape index (κ3) is 2.55. The summed E-state index contributed by atoms with van der Waals surface area (Å²) in [5.74, 6) is -0.212. The highest BCUT2D eigenvalue weighted by Gasteiger charge is 2.00. The minimum absolute atomic E-state index is 0.212. The third-order valence-corrected chi connectivity index (χ3v) is 3.12. The van der Waals surface area contributed by atoms with E-state index in [0.717, 1.165) is 10.9 Å². The van der Waals surface area contributed by atoms with Crippen molar-refractivity contribution in [1.82, 2.24) is 0 Å². The molecule has 0 nitrogen and oxygen atoms in total. The van der Waals surface area contributed by atoms with Crippen LogP contribution in [-0.4, -0.2) is 0 Å². The van der Waals surface area contributed by atoms with Crippen molar-refractivity contribution in [3.63, 3.8) is 0 Å². The third-order valence-electron chi connectivity index (χ3n) is 3.12. The molecule has 0 atom stereocenters. The zero-order valence-corrected chi connectivity index (χ0v) is 10.4. The van der Waals surface area contributed by atoms with Crippen molar-refractivity contribution in [1.29, 1.82) is 0 Å². The minimum atomic E-state index is -0.212. The van der Waals surface area contributed by atoms with Crippen molar-refractivity contribution in [3.05, 3.63) is 83.9 Å². The fourth-order valence-corrected chi connectivity index (χ4v) is 2.12. The van der Waals surface area contributed by atoms with Gasteiger partial charge in [0.2, 0.25) is 0 Å². The molecular weight excluding hydrogens is 235 g/mol. The van der Waals surface area contributed by atoms with E-state index in [2.05, 4.69) is 6.07 Å². The number of hydrogen-bond donors (Lipinski definition) is 0. The van der Waals surface area contributed by atoms with E-state index in [9.17, 15) is 4.39 Å². The number of benzene rings is 3. The van der Waals surface area contributed by atoms with Gasteiger partial charge in [0.05, 0.1) is 0 Å². The standard InChI is InChI=1S/C18H13F/c19-18(16-7-2-1-3-8-16)13-14-10-11-15-6-4-5-9-17(15)12-14/h1-13H/b18-13-. The number of halogens is 1. The van der Waals surface area contributed by atoms with Crippen molar-refractivity contribution >= 4 is 22.7 Å². The van der Waals surface area contributed by atoms with Gasteiger partial charge in [-0.05, 0) is 28.5 Å². The maximum atomic E-state index is 14.1. The molecule has 0 heterocycles. The molecule has 0 spiro atoms. The second kappa shape index (κ2) is 5.07. The summed E-state index contributed by atoms with van der Waals surface area (Å²) in [5, 5.41) is 2.29. The molecule has 1 heteroatoms. The Labute approximate surface area is 111 Å². The van der Waals surface area contributed by atoms with Crippen LogP contribution in [0.25, 0.3) is 22.7 Å². The van der Waals surface area contributed by atoms with E-state index >= 15 is 0 Å². The number of hydrogen-bond acceptors (Lipinski definition) is 0. The lowest BCUT2D eigenvalue weighted by atomic mass is 10.1. The fourth-order valence-electron chi connectivity index (χ4n) is 2.12. The van der Waals surface area contributed by atoms with Crippen molar-refractivity contribution in [2.24, 2.45) is 0 Å². The number of fused-ring (bicyclic) bond motifs is 1. The smallest absolute Gasteiger partial charge is 0.131 e. The first kappa shape index (κ1) is 11.7. The molecule has 0 aromatic heterocycles. The highest BCUT2D eigenvalue weighted by atomic mass is 19.1. The van der Waals surface area contributed by atoms with Crippen LogP contribution in [0, 0.1) is 0 Å². The first-order valence-electron chi connectivity index (χ1n) is 6.24. The Hall–Kier alpha value is -2.41. The van der Waals surface area contributed by atoms with Crippen molar-refractivity contribution in [2.75, 3.05) is 0 Å². The van der Waals surface area contributed by atoms with Gasteiger partial charge < -0.3 is 0 Å². The molecule has 0 N–H and O–H groups in total. The summed E-state index contributed by atoms with van der Waals surface area (Å²) in [6.07, 6.45) is 1.57. The molecule has 0 aliphatic heterocycles. The highest BCUT2D eigenvalue weighted by molar-refractivity contribution is 5.87. The molecule has 0 saturated heterocycles. The van der Waals surface area contributed by atoms with E-state index in [-0.39, 0.29) is 5.83 Å². The first-order valence-corrected chi connectivity index (χ1v) is 6.24. The van der Waals surface area contributed by atoms with Gasteiger partial charge in [0.15, 0.2) is 0 Å². The van der Waals surface area contributed by atoms with Crippen LogP contribution in [0.15, 0.2) is 72.8 Å². The van der Waals surface area contributed by atoms with Crippen LogP contribution < -0.4 is 0 Å². The van der Waals surface area contributed by atoms with Gasteiger partial charge >= 0.3 is 0 Å². The summed E-state index contributed by atoms with van der Waals surface area (Å²) in [7, 11) is 0. The zero-order chi connectivity index (χ0) is 13.1. The maximum absolute atomic E-state index is 14.1. The SMILES string of the molecule is F/C(=C\c1ccc2ccccc2c1)c1ccccc1. The van der Waals surface area contributed by atoms with E-state index in [1.54, 1.807) is 18.2 Å². The molecule has 0 radical (unpaired) electrons. The molecule has 0 bridgehead atoms. The first-order chi connectivity index (χ1) is 9.33. The van der Waals surface area contributed by atoms with E-state index in [1.165, 1.54) is 5.39 Å². The van der Waals surface area contributed by atoms with Gasteiger partial charge in [0.1, 0.15) is 5.83 Å². The van der Waals surface area contributed by atoms with Gasteiger partial charge in [0.25, 0.3) is 0 Å². The minimum Gasteiger partial charge on any atom is -0.206 e. The predicted octanol–water partition coefficient (Wildman–Crippen LogP) is 5.31. The van der Waals surface area contributed by atoms with E-state index in [1.807, 2.05) is 54.6 Å². The van der Waals surface area contributed by atoms with Crippen LogP contribution in [0.1, 0.15) is 11.1 Å². The van der Waals surface area contributed by atoms with E-state index in [4.69, 9.17) is 0 Å². The normalized spacial score (nSPS) is 11.7. The van der Waals surface area contributed by atoms with Crippen LogP contribution in [0.4, 0.5) is 4.39 Å². The molecule has 0 unspecified atom stereocenters. The fraction of sp³-hybridized carbons (Fsp3) is 0. The monoisotopic (exact) mass is 248 g/mol. The Morgan fingerprint density at radius 3 is 2.21 bits per heavy atom. The molecule has 3 aromatic rings. The van der Waals surface area contributed by atoms with Crippen LogP contribution in [-0.2, 0) is 0 Å². The molecule has 92 valence electrons. The van der Waals surface area contributed by atoms with Crippen LogP contribution in [0.3, 0.4) is 0 Å². The Kier molecular flexibility index (Phi) is 3.11. The lowest BCUT2D eigenvalue weighted by Crippen LogP contribution is -1.79. The average molecular weight is 248 g/mol. The van der Waals surface area contributed by atoms with Gasteiger partial charge in [-0.3, -0.25) is 0 Å². The lowest BCUT2D eigenvalue weighted by Gasteiger charge is -2.01. The summed E-state index contributed by atoms with van der Waals surface area (Å²) < 4.78 is 14.1. The molecular formula is C18H13F. The molecule has 0 aliphatic rings. The average Bonchev–Trinajstić information content (AvgIpc) is 2.48. The van der Waals surface area contributed by atoms with Gasteiger partial charge in [-0.25, -0.2) is 4.39 Å². The summed E-state index contributed by atoms with van der Waals surface area (Å²) in [6.45, 7) is 0. The van der Waals surface area contributed by atoms with E-state index < -0.39 is 0 Å². The quantitative estimate of drug-likeness (QED) is 0.539. The molecule has 3 rings (SSSR count). The Morgan fingerprint density at radius 1 is 0.737 bits per heavy atom. The molecule has 0 aliphatic carbocycles. The van der Waals surface area contributed by atoms with Crippen molar-refractivity contribution in [3.8, 4) is 0 Å². The second-order valence-corrected chi connectivity index (χ2v) is 4.46. The van der Waals surface area contributed by atoms with Gasteiger partial charge in [-0.2, -0.15) is 0 Å². The molecule has 0 fully saturated rings. The second-order valence-electron chi connectivity index (χ2n) is 4.46. The Balaban J connectivity index is 2.01.